The number of rotatable bonds is 5. The lowest BCUT2D eigenvalue weighted by Crippen LogP contribution is -2.44. The van der Waals surface area contributed by atoms with Crippen LogP contribution in [0.25, 0.3) is 11.3 Å². The molecule has 3 fully saturated rings. The summed E-state index contributed by atoms with van der Waals surface area (Å²) < 4.78 is 5.95. The van der Waals surface area contributed by atoms with E-state index in [1.54, 1.807) is 12.3 Å². The highest BCUT2D eigenvalue weighted by Gasteiger charge is 2.47. The molecule has 2 saturated heterocycles. The van der Waals surface area contributed by atoms with Crippen LogP contribution in [0.1, 0.15) is 46.5 Å². The van der Waals surface area contributed by atoms with Crippen molar-refractivity contribution in [1.29, 1.82) is 0 Å². The first kappa shape index (κ1) is 22.2. The molecule has 1 amide bonds. The van der Waals surface area contributed by atoms with Crippen molar-refractivity contribution in [3.63, 3.8) is 0 Å². The molecule has 1 saturated carbocycles. The van der Waals surface area contributed by atoms with E-state index in [1.165, 1.54) is 19.8 Å². The second-order valence-electron chi connectivity index (χ2n) is 10.4. The standard InChI is InChI=1S/C25H34N6O2/c1-15(32)28-22-6-4-17(13-26-22)21-5-7-23(31-30-21)29-19-10-18-14-27-24(20(18)11-19)16-8-9-33-25(2,3)12-16/h4-7,13,16,18-20,24,27H,8-12,14H2,1-3H3,(H,29,31)(H,26,28,32)/t16-,18+,19-,20-,24-/m0/s1. The van der Waals surface area contributed by atoms with Crippen molar-refractivity contribution in [3.8, 4) is 11.3 Å². The third-order valence-corrected chi connectivity index (χ3v) is 7.45. The molecule has 0 spiro atoms. The van der Waals surface area contributed by atoms with Crippen LogP contribution in [0, 0.1) is 17.8 Å². The zero-order valence-electron chi connectivity index (χ0n) is 19.7. The number of aromatic nitrogens is 3. The Morgan fingerprint density at radius 3 is 2.67 bits per heavy atom. The first-order valence-electron chi connectivity index (χ1n) is 12.1. The van der Waals surface area contributed by atoms with Gasteiger partial charge >= 0.3 is 0 Å². The fraction of sp³-hybridized carbons (Fsp3) is 0.600. The maximum absolute atomic E-state index is 11.1. The predicted molar refractivity (Wildman–Crippen MR) is 128 cm³/mol. The van der Waals surface area contributed by atoms with Crippen LogP contribution in [-0.4, -0.2) is 51.9 Å². The molecule has 2 aromatic rings. The largest absolute Gasteiger partial charge is 0.376 e. The zero-order valence-corrected chi connectivity index (χ0v) is 19.7. The second-order valence-corrected chi connectivity index (χ2v) is 10.4. The fourth-order valence-corrected chi connectivity index (χ4v) is 6.06. The van der Waals surface area contributed by atoms with Gasteiger partial charge in [0.15, 0.2) is 0 Å². The Labute approximate surface area is 195 Å². The average Bonchev–Trinajstić information content (AvgIpc) is 3.34. The molecular weight excluding hydrogens is 416 g/mol. The highest BCUT2D eigenvalue weighted by atomic mass is 16.5. The number of pyridine rings is 1. The highest BCUT2D eigenvalue weighted by molar-refractivity contribution is 5.87. The Bertz CT molecular complexity index is 977. The van der Waals surface area contributed by atoms with Gasteiger partial charge in [0.1, 0.15) is 11.6 Å². The minimum absolute atomic E-state index is 0.00391. The van der Waals surface area contributed by atoms with E-state index in [0.29, 0.717) is 23.8 Å². The number of carbonyl (C=O) groups is 1. The van der Waals surface area contributed by atoms with E-state index in [0.717, 1.165) is 54.9 Å². The molecule has 0 unspecified atom stereocenters. The molecule has 4 heterocycles. The molecule has 3 N–H and O–H groups in total. The molecule has 8 nitrogen and oxygen atoms in total. The van der Waals surface area contributed by atoms with Crippen LogP contribution in [0.4, 0.5) is 11.6 Å². The van der Waals surface area contributed by atoms with Gasteiger partial charge in [0, 0.05) is 37.4 Å². The lowest BCUT2D eigenvalue weighted by molar-refractivity contribution is -0.114. The summed E-state index contributed by atoms with van der Waals surface area (Å²) in [4.78, 5) is 15.4. The molecule has 5 rings (SSSR count). The number of amides is 1. The van der Waals surface area contributed by atoms with E-state index in [2.05, 4.69) is 45.0 Å². The van der Waals surface area contributed by atoms with Gasteiger partial charge in [0.05, 0.1) is 11.3 Å². The van der Waals surface area contributed by atoms with Crippen molar-refractivity contribution in [1.82, 2.24) is 20.5 Å². The van der Waals surface area contributed by atoms with Gasteiger partial charge in [0.2, 0.25) is 5.91 Å². The normalized spacial score (nSPS) is 30.6. The second kappa shape index (κ2) is 8.99. The first-order chi connectivity index (χ1) is 15.9. The lowest BCUT2D eigenvalue weighted by atomic mass is 9.78. The van der Waals surface area contributed by atoms with Crippen LogP contribution in [-0.2, 0) is 9.53 Å². The van der Waals surface area contributed by atoms with Crippen LogP contribution in [0.15, 0.2) is 30.5 Å². The highest BCUT2D eigenvalue weighted by Crippen LogP contribution is 2.44. The van der Waals surface area contributed by atoms with Gasteiger partial charge in [-0.15, -0.1) is 10.2 Å². The monoisotopic (exact) mass is 450 g/mol. The Hall–Kier alpha value is -2.58. The van der Waals surface area contributed by atoms with Crippen molar-refractivity contribution < 1.29 is 9.53 Å². The van der Waals surface area contributed by atoms with Crippen molar-refractivity contribution in [2.24, 2.45) is 17.8 Å². The van der Waals surface area contributed by atoms with E-state index >= 15 is 0 Å². The van der Waals surface area contributed by atoms with Crippen LogP contribution < -0.4 is 16.0 Å². The molecule has 33 heavy (non-hydrogen) atoms. The van der Waals surface area contributed by atoms with Crippen molar-refractivity contribution in [3.05, 3.63) is 30.5 Å². The van der Waals surface area contributed by atoms with Gasteiger partial charge in [-0.25, -0.2) is 4.98 Å². The number of nitrogens with one attached hydrogen (secondary N) is 3. The van der Waals surface area contributed by atoms with Crippen LogP contribution >= 0.6 is 0 Å². The van der Waals surface area contributed by atoms with E-state index < -0.39 is 0 Å². The molecule has 5 atom stereocenters. The molecule has 2 aromatic heterocycles. The van der Waals surface area contributed by atoms with E-state index in [4.69, 9.17) is 4.74 Å². The summed E-state index contributed by atoms with van der Waals surface area (Å²) >= 11 is 0. The summed E-state index contributed by atoms with van der Waals surface area (Å²) in [6.07, 6.45) is 6.36. The Morgan fingerprint density at radius 2 is 1.97 bits per heavy atom. The third-order valence-electron chi connectivity index (χ3n) is 7.45. The molecule has 0 radical (unpaired) electrons. The summed E-state index contributed by atoms with van der Waals surface area (Å²) in [5, 5.41) is 19.0. The molecule has 2 aliphatic heterocycles. The smallest absolute Gasteiger partial charge is 0.222 e. The average molecular weight is 451 g/mol. The number of nitrogens with zero attached hydrogens (tertiary/aromatic N) is 3. The maximum atomic E-state index is 11.1. The molecule has 0 bridgehead atoms. The van der Waals surface area contributed by atoms with Crippen molar-refractivity contribution >= 4 is 17.5 Å². The fourth-order valence-electron chi connectivity index (χ4n) is 6.06. The number of anilines is 2. The number of hydrogen-bond donors (Lipinski definition) is 3. The first-order valence-corrected chi connectivity index (χ1v) is 12.1. The maximum Gasteiger partial charge on any atom is 0.222 e. The van der Waals surface area contributed by atoms with Crippen LogP contribution in [0.3, 0.4) is 0 Å². The summed E-state index contributed by atoms with van der Waals surface area (Å²) in [7, 11) is 0. The minimum Gasteiger partial charge on any atom is -0.376 e. The van der Waals surface area contributed by atoms with E-state index in [-0.39, 0.29) is 11.5 Å². The molecular formula is C25H34N6O2. The number of ether oxygens (including phenoxy) is 1. The molecule has 1 aliphatic carbocycles. The van der Waals surface area contributed by atoms with Crippen molar-refractivity contribution in [2.75, 3.05) is 23.8 Å². The predicted octanol–water partition coefficient (Wildman–Crippen LogP) is 3.48. The number of fused-ring (bicyclic) bond motifs is 1. The summed E-state index contributed by atoms with van der Waals surface area (Å²) in [6.45, 7) is 7.91. The zero-order chi connectivity index (χ0) is 23.0. The Morgan fingerprint density at radius 1 is 1.12 bits per heavy atom. The molecule has 0 aromatic carbocycles. The lowest BCUT2D eigenvalue weighted by Gasteiger charge is -2.40. The van der Waals surface area contributed by atoms with Crippen LogP contribution in [0.5, 0.6) is 0 Å². The number of hydrogen-bond acceptors (Lipinski definition) is 7. The minimum atomic E-state index is -0.139. The quantitative estimate of drug-likeness (QED) is 0.641. The van der Waals surface area contributed by atoms with E-state index in [1.807, 2.05) is 18.2 Å². The SMILES string of the molecule is CC(=O)Nc1ccc(-c2ccc(N[C@H]3C[C@@H]4CN[C@@H]([C@H]5CCOC(C)(C)C5)[C@H]4C3)nn2)cn1. The summed E-state index contributed by atoms with van der Waals surface area (Å²) in [6, 6.07) is 8.66. The molecule has 8 heteroatoms. The van der Waals surface area contributed by atoms with Gasteiger partial charge in [-0.2, -0.15) is 0 Å². The Balaban J connectivity index is 1.18. The summed E-state index contributed by atoms with van der Waals surface area (Å²) in [5.74, 6) is 3.37. The topological polar surface area (TPSA) is 101 Å². The summed E-state index contributed by atoms with van der Waals surface area (Å²) in [5.41, 5.74) is 1.62. The van der Waals surface area contributed by atoms with Gasteiger partial charge in [-0.05, 0) is 88.1 Å². The van der Waals surface area contributed by atoms with Gasteiger partial charge in [-0.1, -0.05) is 0 Å². The molecule has 176 valence electrons. The Kier molecular flexibility index (Phi) is 6.05. The van der Waals surface area contributed by atoms with Crippen molar-refractivity contribution in [2.45, 2.75) is 64.1 Å². The van der Waals surface area contributed by atoms with Gasteiger partial charge in [0.25, 0.3) is 0 Å². The third kappa shape index (κ3) is 5.01. The number of carbonyl (C=O) groups excluding carboxylic acids is 1. The van der Waals surface area contributed by atoms with Gasteiger partial charge in [-0.3, -0.25) is 4.79 Å². The van der Waals surface area contributed by atoms with Gasteiger partial charge < -0.3 is 20.7 Å². The van der Waals surface area contributed by atoms with E-state index in [9.17, 15) is 4.79 Å². The molecule has 3 aliphatic rings. The van der Waals surface area contributed by atoms with Crippen LogP contribution in [0.2, 0.25) is 0 Å².